The molecule has 1 atom stereocenters. The number of pyridine rings is 1. The van der Waals surface area contributed by atoms with Gasteiger partial charge in [0, 0.05) is 28.7 Å². The first-order valence-electron chi connectivity index (χ1n) is 13.1. The van der Waals surface area contributed by atoms with E-state index >= 15 is 0 Å². The molecule has 4 heterocycles. The Bertz CT molecular complexity index is 2100. The molecule has 7 rings (SSSR count). The van der Waals surface area contributed by atoms with Crippen LogP contribution in [0.3, 0.4) is 0 Å². The average molecular weight is 583 g/mol. The van der Waals surface area contributed by atoms with E-state index in [4.69, 9.17) is 4.98 Å². The molecule has 0 spiro atoms. The highest BCUT2D eigenvalue weighted by molar-refractivity contribution is 7.16. The number of nitrogens with one attached hydrogen (secondary N) is 3. The average Bonchev–Trinajstić information content (AvgIpc) is 3.71. The maximum absolute atomic E-state index is 14.2. The lowest BCUT2D eigenvalue weighted by Gasteiger charge is -2.22. The van der Waals surface area contributed by atoms with Crippen molar-refractivity contribution in [1.29, 1.82) is 0 Å². The van der Waals surface area contributed by atoms with Crippen molar-refractivity contribution in [2.45, 2.75) is 18.9 Å². The molecule has 4 aromatic heterocycles. The van der Waals surface area contributed by atoms with Crippen molar-refractivity contribution >= 4 is 49.4 Å². The van der Waals surface area contributed by atoms with Crippen LogP contribution in [0.5, 0.6) is 0 Å². The Kier molecular flexibility index (Phi) is 6.43. The van der Waals surface area contributed by atoms with E-state index in [2.05, 4.69) is 25.5 Å². The van der Waals surface area contributed by atoms with E-state index in [1.165, 1.54) is 35.6 Å². The smallest absolute Gasteiger partial charge is 0.225 e. The molecule has 208 valence electrons. The third kappa shape index (κ3) is 4.99. The third-order valence-electron chi connectivity index (χ3n) is 7.20. The molecule has 0 fully saturated rings. The number of thiazole rings is 1. The lowest BCUT2D eigenvalue weighted by molar-refractivity contribution is -0.121. The highest BCUT2D eigenvalue weighted by Gasteiger charge is 2.24. The fourth-order valence-electron chi connectivity index (χ4n) is 5.31. The minimum atomic E-state index is -0.777. The van der Waals surface area contributed by atoms with Crippen LogP contribution in [-0.2, 0) is 17.6 Å². The standard InChI is InChI=1S/C31H21F3N6OS/c32-19-2-3-24-22(11-19)18(13-35-24)9-30(41)38-27(7-16-5-20(33)10-21(34)6-16)31-23(12-25-28(39-31)14-37-40-25)17-1-4-29-26(8-17)36-15-42-29/h1-6,8,10-15,27,35H,7,9H2,(H,37,40)(H,38,41)/t27-/m1/s1. The zero-order chi connectivity index (χ0) is 28.8. The van der Waals surface area contributed by atoms with Crippen molar-refractivity contribution in [3.8, 4) is 11.1 Å². The summed E-state index contributed by atoms with van der Waals surface area (Å²) in [4.78, 5) is 25.9. The highest BCUT2D eigenvalue weighted by Crippen LogP contribution is 2.34. The van der Waals surface area contributed by atoms with Crippen molar-refractivity contribution < 1.29 is 18.0 Å². The van der Waals surface area contributed by atoms with E-state index in [0.717, 1.165) is 21.8 Å². The van der Waals surface area contributed by atoms with Crippen LogP contribution in [0, 0.1) is 17.5 Å². The van der Waals surface area contributed by atoms with Gasteiger partial charge in [0.25, 0.3) is 0 Å². The Morgan fingerprint density at radius 1 is 0.929 bits per heavy atom. The summed E-state index contributed by atoms with van der Waals surface area (Å²) in [5, 5.41) is 10.7. The first kappa shape index (κ1) is 25.9. The number of fused-ring (bicyclic) bond motifs is 3. The molecule has 3 N–H and O–H groups in total. The minimum absolute atomic E-state index is 0.0501. The van der Waals surface area contributed by atoms with Gasteiger partial charge in [-0.05, 0) is 71.6 Å². The summed E-state index contributed by atoms with van der Waals surface area (Å²) in [5.74, 6) is -2.21. The summed E-state index contributed by atoms with van der Waals surface area (Å²) >= 11 is 1.52. The number of rotatable bonds is 7. The van der Waals surface area contributed by atoms with Crippen LogP contribution >= 0.6 is 11.3 Å². The van der Waals surface area contributed by atoms with Gasteiger partial charge in [-0.3, -0.25) is 9.89 Å². The summed E-state index contributed by atoms with van der Waals surface area (Å²) in [6.07, 6.45) is 3.26. The summed E-state index contributed by atoms with van der Waals surface area (Å²) in [6, 6.07) is 14.6. The van der Waals surface area contributed by atoms with E-state index in [1.54, 1.807) is 24.0 Å². The van der Waals surface area contributed by atoms with E-state index in [0.29, 0.717) is 44.3 Å². The Balaban J connectivity index is 1.32. The Morgan fingerprint density at radius 2 is 1.79 bits per heavy atom. The SMILES string of the molecule is O=C(Cc1c[nH]c2ccc(F)cc12)N[C@H](Cc1cc(F)cc(F)c1)c1nc2cn[nH]c2cc1-c1ccc2scnc2c1. The molecule has 7 nitrogen and oxygen atoms in total. The molecule has 0 aliphatic heterocycles. The topological polar surface area (TPSA) is 99.4 Å². The minimum Gasteiger partial charge on any atom is -0.361 e. The van der Waals surface area contributed by atoms with Crippen LogP contribution in [0.2, 0.25) is 0 Å². The van der Waals surface area contributed by atoms with E-state index in [-0.39, 0.29) is 18.7 Å². The van der Waals surface area contributed by atoms with Gasteiger partial charge in [-0.1, -0.05) is 6.07 Å². The van der Waals surface area contributed by atoms with E-state index < -0.39 is 23.5 Å². The molecule has 0 saturated carbocycles. The maximum atomic E-state index is 14.2. The predicted octanol–water partition coefficient (Wildman–Crippen LogP) is 6.78. The van der Waals surface area contributed by atoms with Crippen LogP contribution in [0.1, 0.15) is 22.9 Å². The number of hydrogen-bond acceptors (Lipinski definition) is 5. The van der Waals surface area contributed by atoms with Crippen LogP contribution in [0.15, 0.2) is 78.6 Å². The molecule has 1 amide bonds. The van der Waals surface area contributed by atoms with Gasteiger partial charge in [0.15, 0.2) is 0 Å². The van der Waals surface area contributed by atoms with Crippen molar-refractivity contribution in [3.63, 3.8) is 0 Å². The number of nitrogens with zero attached hydrogens (tertiary/aromatic N) is 3. The van der Waals surface area contributed by atoms with Crippen LogP contribution in [-0.4, -0.2) is 31.1 Å². The molecule has 0 aliphatic rings. The zero-order valence-corrected chi connectivity index (χ0v) is 22.6. The molecule has 0 bridgehead atoms. The Hall–Kier alpha value is -5.03. The molecular formula is C31H21F3N6OS. The van der Waals surface area contributed by atoms with Gasteiger partial charge < -0.3 is 10.3 Å². The van der Waals surface area contributed by atoms with Crippen molar-refractivity contribution in [2.75, 3.05) is 0 Å². The first-order chi connectivity index (χ1) is 20.4. The number of H-pyrrole nitrogens is 2. The first-order valence-corrected chi connectivity index (χ1v) is 13.9. The number of halogens is 3. The van der Waals surface area contributed by atoms with Crippen molar-refractivity contribution in [3.05, 3.63) is 113 Å². The summed E-state index contributed by atoms with van der Waals surface area (Å²) in [5.41, 5.74) is 7.53. The second-order valence-electron chi connectivity index (χ2n) is 10.0. The largest absolute Gasteiger partial charge is 0.361 e. The molecule has 0 aliphatic carbocycles. The van der Waals surface area contributed by atoms with Crippen LogP contribution in [0.4, 0.5) is 13.2 Å². The lowest BCUT2D eigenvalue weighted by atomic mass is 9.94. The fraction of sp³-hybridized carbons (Fsp3) is 0.0968. The number of amides is 1. The van der Waals surface area contributed by atoms with Crippen molar-refractivity contribution in [1.82, 2.24) is 30.5 Å². The van der Waals surface area contributed by atoms with Gasteiger partial charge >= 0.3 is 0 Å². The van der Waals surface area contributed by atoms with Gasteiger partial charge in [0.2, 0.25) is 5.91 Å². The molecule has 7 aromatic rings. The fourth-order valence-corrected chi connectivity index (χ4v) is 5.97. The van der Waals surface area contributed by atoms with Crippen LogP contribution in [0.25, 0.3) is 43.3 Å². The van der Waals surface area contributed by atoms with Gasteiger partial charge in [-0.15, -0.1) is 11.3 Å². The molecule has 11 heteroatoms. The van der Waals surface area contributed by atoms with Gasteiger partial charge in [-0.2, -0.15) is 5.10 Å². The number of aromatic nitrogens is 5. The monoisotopic (exact) mass is 582 g/mol. The zero-order valence-electron chi connectivity index (χ0n) is 21.8. The summed E-state index contributed by atoms with van der Waals surface area (Å²) in [7, 11) is 0. The van der Waals surface area contributed by atoms with Gasteiger partial charge in [-0.25, -0.2) is 23.1 Å². The number of benzene rings is 3. The molecule has 42 heavy (non-hydrogen) atoms. The van der Waals surface area contributed by atoms with Crippen molar-refractivity contribution in [2.24, 2.45) is 0 Å². The van der Waals surface area contributed by atoms with Gasteiger partial charge in [0.05, 0.1) is 45.6 Å². The summed E-state index contributed by atoms with van der Waals surface area (Å²) < 4.78 is 43.4. The normalized spacial score (nSPS) is 12.4. The Morgan fingerprint density at radius 3 is 2.64 bits per heavy atom. The second-order valence-corrected chi connectivity index (χ2v) is 10.9. The molecular weight excluding hydrogens is 561 g/mol. The second kappa shape index (κ2) is 10.4. The maximum Gasteiger partial charge on any atom is 0.225 e. The number of aromatic amines is 2. The number of hydrogen-bond donors (Lipinski definition) is 3. The molecule has 0 radical (unpaired) electrons. The Labute approximate surface area is 240 Å². The molecule has 0 saturated heterocycles. The highest BCUT2D eigenvalue weighted by atomic mass is 32.1. The third-order valence-corrected chi connectivity index (χ3v) is 8.01. The summed E-state index contributed by atoms with van der Waals surface area (Å²) in [6.45, 7) is 0. The number of carbonyl (C=O) groups is 1. The van der Waals surface area contributed by atoms with E-state index in [9.17, 15) is 18.0 Å². The van der Waals surface area contributed by atoms with Crippen LogP contribution < -0.4 is 5.32 Å². The quantitative estimate of drug-likeness (QED) is 0.193. The molecule has 3 aromatic carbocycles. The van der Waals surface area contributed by atoms with E-state index in [1.807, 2.05) is 24.3 Å². The molecule has 0 unspecified atom stereocenters. The van der Waals surface area contributed by atoms with Gasteiger partial charge in [0.1, 0.15) is 23.0 Å². The lowest BCUT2D eigenvalue weighted by Crippen LogP contribution is -2.32. The predicted molar refractivity (Wildman–Crippen MR) is 155 cm³/mol. The number of carbonyl (C=O) groups excluding carboxylic acids is 1.